The highest BCUT2D eigenvalue weighted by atomic mass is 16.5. The second-order valence-corrected chi connectivity index (χ2v) is 6.50. The third kappa shape index (κ3) is 2.70. The summed E-state index contributed by atoms with van der Waals surface area (Å²) in [6.45, 7) is 1.93. The average Bonchev–Trinajstić information content (AvgIpc) is 2.87. The molecule has 2 aliphatic heterocycles. The fourth-order valence-corrected chi connectivity index (χ4v) is 3.64. The smallest absolute Gasteiger partial charge is 0.253 e. The molecule has 25 heavy (non-hydrogen) atoms. The van der Waals surface area contributed by atoms with Crippen LogP contribution in [0.4, 0.5) is 5.69 Å². The Morgan fingerprint density at radius 2 is 1.88 bits per heavy atom. The summed E-state index contributed by atoms with van der Waals surface area (Å²) in [6.07, 6.45) is 0. The first-order valence-electron chi connectivity index (χ1n) is 8.48. The molecule has 0 N–H and O–H groups in total. The Kier molecular flexibility index (Phi) is 4.01. The predicted octanol–water partition coefficient (Wildman–Crippen LogP) is 2.42. The summed E-state index contributed by atoms with van der Waals surface area (Å²) in [4.78, 5) is 29.3. The Bertz CT molecular complexity index is 833. The first kappa shape index (κ1) is 15.8. The second kappa shape index (κ2) is 6.33. The highest BCUT2D eigenvalue weighted by Crippen LogP contribution is 2.32. The molecule has 0 fully saturated rings. The number of hydrogen-bond donors (Lipinski definition) is 0. The van der Waals surface area contributed by atoms with Gasteiger partial charge in [0.05, 0.1) is 19.1 Å². The Balaban J connectivity index is 1.74. The van der Waals surface area contributed by atoms with Gasteiger partial charge in [0.15, 0.2) is 0 Å². The van der Waals surface area contributed by atoms with Gasteiger partial charge in [-0.1, -0.05) is 36.4 Å². The summed E-state index contributed by atoms with van der Waals surface area (Å²) < 4.78 is 5.64. The first-order valence-corrected chi connectivity index (χ1v) is 8.48. The monoisotopic (exact) mass is 336 g/mol. The van der Waals surface area contributed by atoms with Crippen molar-refractivity contribution >= 4 is 17.5 Å². The number of ether oxygens (including phenoxy) is 1. The van der Waals surface area contributed by atoms with Crippen LogP contribution >= 0.6 is 0 Å². The van der Waals surface area contributed by atoms with E-state index in [2.05, 4.69) is 0 Å². The number of likely N-dealkylation sites (N-methyl/N-ethyl adjacent to an activating group) is 1. The molecular formula is C20H20N2O3. The lowest BCUT2D eigenvalue weighted by Crippen LogP contribution is -2.45. The summed E-state index contributed by atoms with van der Waals surface area (Å²) in [6, 6.07) is 15.3. The van der Waals surface area contributed by atoms with E-state index in [1.807, 2.05) is 47.4 Å². The van der Waals surface area contributed by atoms with Crippen LogP contribution in [0, 0.1) is 0 Å². The minimum atomic E-state index is -0.356. The van der Waals surface area contributed by atoms with E-state index < -0.39 is 0 Å². The fourth-order valence-electron chi connectivity index (χ4n) is 3.64. The number of hydrogen-bond acceptors (Lipinski definition) is 3. The molecule has 2 aromatic carbocycles. The number of carbonyl (C=O) groups excluding carboxylic acids is 2. The van der Waals surface area contributed by atoms with Crippen LogP contribution in [0.5, 0.6) is 0 Å². The highest BCUT2D eigenvalue weighted by Gasteiger charge is 2.36. The van der Waals surface area contributed by atoms with Gasteiger partial charge < -0.3 is 14.5 Å². The zero-order valence-electron chi connectivity index (χ0n) is 14.1. The Labute approximate surface area is 146 Å². The SMILES string of the molecule is CN1CC(C(=O)N2CCOCc3ccccc32)c2ccccc2C1=O. The third-order valence-corrected chi connectivity index (χ3v) is 4.93. The molecule has 1 atom stereocenters. The maximum Gasteiger partial charge on any atom is 0.253 e. The molecular weight excluding hydrogens is 316 g/mol. The molecule has 2 aliphatic rings. The highest BCUT2D eigenvalue weighted by molar-refractivity contribution is 6.04. The molecule has 2 aromatic rings. The maximum atomic E-state index is 13.4. The van der Waals surface area contributed by atoms with Crippen LogP contribution in [-0.2, 0) is 16.1 Å². The van der Waals surface area contributed by atoms with Crippen LogP contribution in [0.25, 0.3) is 0 Å². The van der Waals surface area contributed by atoms with E-state index in [1.54, 1.807) is 18.0 Å². The molecule has 0 saturated heterocycles. The van der Waals surface area contributed by atoms with Crippen molar-refractivity contribution in [1.29, 1.82) is 0 Å². The van der Waals surface area contributed by atoms with E-state index in [4.69, 9.17) is 4.74 Å². The molecule has 2 heterocycles. The van der Waals surface area contributed by atoms with Crippen molar-refractivity contribution in [2.45, 2.75) is 12.5 Å². The van der Waals surface area contributed by atoms with E-state index in [0.29, 0.717) is 31.9 Å². The van der Waals surface area contributed by atoms with Crippen molar-refractivity contribution in [1.82, 2.24) is 4.90 Å². The van der Waals surface area contributed by atoms with Crippen molar-refractivity contribution in [3.63, 3.8) is 0 Å². The van der Waals surface area contributed by atoms with Crippen LogP contribution in [0.15, 0.2) is 48.5 Å². The van der Waals surface area contributed by atoms with Gasteiger partial charge in [0.25, 0.3) is 5.91 Å². The van der Waals surface area contributed by atoms with Crippen molar-refractivity contribution in [2.24, 2.45) is 0 Å². The summed E-state index contributed by atoms with van der Waals surface area (Å²) >= 11 is 0. The van der Waals surface area contributed by atoms with Gasteiger partial charge in [0, 0.05) is 37.0 Å². The van der Waals surface area contributed by atoms with E-state index >= 15 is 0 Å². The zero-order chi connectivity index (χ0) is 17.4. The molecule has 0 bridgehead atoms. The number of nitrogens with zero attached hydrogens (tertiary/aromatic N) is 2. The normalized spacial score (nSPS) is 19.9. The van der Waals surface area contributed by atoms with Crippen molar-refractivity contribution in [3.05, 3.63) is 65.2 Å². The van der Waals surface area contributed by atoms with Gasteiger partial charge in [-0.15, -0.1) is 0 Å². The van der Waals surface area contributed by atoms with E-state index in [9.17, 15) is 9.59 Å². The molecule has 0 saturated carbocycles. The molecule has 128 valence electrons. The number of para-hydroxylation sites is 1. The van der Waals surface area contributed by atoms with Crippen molar-refractivity contribution < 1.29 is 14.3 Å². The van der Waals surface area contributed by atoms with Crippen LogP contribution in [0.1, 0.15) is 27.4 Å². The lowest BCUT2D eigenvalue weighted by atomic mass is 9.88. The molecule has 5 nitrogen and oxygen atoms in total. The third-order valence-electron chi connectivity index (χ3n) is 4.93. The van der Waals surface area contributed by atoms with Crippen molar-refractivity contribution in [2.75, 3.05) is 31.6 Å². The molecule has 2 amide bonds. The summed E-state index contributed by atoms with van der Waals surface area (Å²) in [5.41, 5.74) is 3.36. The van der Waals surface area contributed by atoms with Gasteiger partial charge in [-0.3, -0.25) is 9.59 Å². The van der Waals surface area contributed by atoms with Gasteiger partial charge in [0.2, 0.25) is 5.91 Å². The van der Waals surface area contributed by atoms with Crippen LogP contribution in [-0.4, -0.2) is 43.5 Å². The topological polar surface area (TPSA) is 49.9 Å². The minimum Gasteiger partial charge on any atom is -0.375 e. The van der Waals surface area contributed by atoms with Crippen LogP contribution < -0.4 is 4.90 Å². The molecule has 5 heteroatoms. The lowest BCUT2D eigenvalue weighted by molar-refractivity contribution is -0.120. The average molecular weight is 336 g/mol. The summed E-state index contributed by atoms with van der Waals surface area (Å²) in [7, 11) is 1.75. The van der Waals surface area contributed by atoms with Gasteiger partial charge in [-0.2, -0.15) is 0 Å². The fraction of sp³-hybridized carbons (Fsp3) is 0.300. The number of fused-ring (bicyclic) bond motifs is 2. The predicted molar refractivity (Wildman–Crippen MR) is 94.6 cm³/mol. The number of carbonyl (C=O) groups is 2. The van der Waals surface area contributed by atoms with E-state index in [0.717, 1.165) is 16.8 Å². The van der Waals surface area contributed by atoms with Gasteiger partial charge in [-0.05, 0) is 17.7 Å². The Morgan fingerprint density at radius 1 is 1.12 bits per heavy atom. The molecule has 4 rings (SSSR count). The number of rotatable bonds is 1. The van der Waals surface area contributed by atoms with Gasteiger partial charge >= 0.3 is 0 Å². The van der Waals surface area contributed by atoms with E-state index in [-0.39, 0.29) is 17.7 Å². The summed E-state index contributed by atoms with van der Waals surface area (Å²) in [5, 5.41) is 0. The van der Waals surface area contributed by atoms with Gasteiger partial charge in [-0.25, -0.2) is 0 Å². The lowest BCUT2D eigenvalue weighted by Gasteiger charge is -2.34. The quantitative estimate of drug-likeness (QED) is 0.804. The molecule has 0 radical (unpaired) electrons. The van der Waals surface area contributed by atoms with E-state index in [1.165, 1.54) is 0 Å². The van der Waals surface area contributed by atoms with Crippen LogP contribution in [0.2, 0.25) is 0 Å². The largest absolute Gasteiger partial charge is 0.375 e. The number of amides is 2. The molecule has 0 aromatic heterocycles. The first-order chi connectivity index (χ1) is 12.2. The molecule has 0 aliphatic carbocycles. The molecule has 0 spiro atoms. The maximum absolute atomic E-state index is 13.4. The Morgan fingerprint density at radius 3 is 2.76 bits per heavy atom. The Hall–Kier alpha value is -2.66. The van der Waals surface area contributed by atoms with Crippen molar-refractivity contribution in [3.8, 4) is 0 Å². The second-order valence-electron chi connectivity index (χ2n) is 6.50. The standard InChI is InChI=1S/C20H20N2O3/c1-21-12-17(15-7-3-4-8-16(15)19(21)23)20(24)22-10-11-25-13-14-6-2-5-9-18(14)22/h2-9,17H,10-13H2,1H3. The van der Waals surface area contributed by atoms with Crippen LogP contribution in [0.3, 0.4) is 0 Å². The molecule has 1 unspecified atom stereocenters. The van der Waals surface area contributed by atoms with Gasteiger partial charge in [0.1, 0.15) is 0 Å². The summed E-state index contributed by atoms with van der Waals surface area (Å²) in [5.74, 6) is -0.367. The number of benzene rings is 2. The number of anilines is 1. The minimum absolute atomic E-state index is 0.0183. The zero-order valence-corrected chi connectivity index (χ0v) is 14.1.